The van der Waals surface area contributed by atoms with Crippen LogP contribution in [0.1, 0.15) is 65.7 Å². The quantitative estimate of drug-likeness (QED) is 0.746. The third-order valence-electron chi connectivity index (χ3n) is 4.87. The SMILES string of the molecule is CCCC1CCCC(CN)(N(C)C(C)C)CC1. The van der Waals surface area contributed by atoms with Gasteiger partial charge in [-0.2, -0.15) is 0 Å². The van der Waals surface area contributed by atoms with E-state index in [0.717, 1.165) is 12.5 Å². The van der Waals surface area contributed by atoms with Gasteiger partial charge in [-0.15, -0.1) is 0 Å². The summed E-state index contributed by atoms with van der Waals surface area (Å²) in [7, 11) is 2.26. The van der Waals surface area contributed by atoms with Gasteiger partial charge in [-0.05, 0) is 46.1 Å². The van der Waals surface area contributed by atoms with Crippen LogP contribution in [0.25, 0.3) is 0 Å². The van der Waals surface area contributed by atoms with Gasteiger partial charge in [-0.25, -0.2) is 0 Å². The van der Waals surface area contributed by atoms with Gasteiger partial charge in [0.2, 0.25) is 0 Å². The van der Waals surface area contributed by atoms with Gasteiger partial charge in [-0.1, -0.05) is 32.6 Å². The molecule has 1 aliphatic carbocycles. The van der Waals surface area contributed by atoms with Crippen molar-refractivity contribution in [3.8, 4) is 0 Å². The van der Waals surface area contributed by atoms with E-state index >= 15 is 0 Å². The molecule has 0 heterocycles. The summed E-state index contributed by atoms with van der Waals surface area (Å²) in [6, 6.07) is 0.598. The van der Waals surface area contributed by atoms with Crippen LogP contribution >= 0.6 is 0 Å². The zero-order valence-corrected chi connectivity index (χ0v) is 12.3. The van der Waals surface area contributed by atoms with E-state index in [9.17, 15) is 0 Å². The topological polar surface area (TPSA) is 29.3 Å². The minimum atomic E-state index is 0.274. The molecule has 0 bridgehead atoms. The summed E-state index contributed by atoms with van der Waals surface area (Å²) in [5.41, 5.74) is 6.40. The van der Waals surface area contributed by atoms with Crippen LogP contribution in [0.5, 0.6) is 0 Å². The first-order chi connectivity index (χ1) is 8.05. The number of rotatable bonds is 5. The van der Waals surface area contributed by atoms with Crippen molar-refractivity contribution in [1.29, 1.82) is 0 Å². The van der Waals surface area contributed by atoms with Crippen molar-refractivity contribution < 1.29 is 0 Å². The van der Waals surface area contributed by atoms with Gasteiger partial charge >= 0.3 is 0 Å². The molecule has 0 radical (unpaired) electrons. The van der Waals surface area contributed by atoms with E-state index in [-0.39, 0.29) is 5.54 Å². The van der Waals surface area contributed by atoms with E-state index < -0.39 is 0 Å². The van der Waals surface area contributed by atoms with Gasteiger partial charge in [0.05, 0.1) is 0 Å². The molecule has 17 heavy (non-hydrogen) atoms. The minimum absolute atomic E-state index is 0.274. The van der Waals surface area contributed by atoms with Crippen LogP contribution in [0.4, 0.5) is 0 Å². The second-order valence-electron chi connectivity index (χ2n) is 6.22. The fraction of sp³-hybridized carbons (Fsp3) is 1.00. The van der Waals surface area contributed by atoms with Crippen molar-refractivity contribution in [2.75, 3.05) is 13.6 Å². The smallest absolute Gasteiger partial charge is 0.0331 e. The summed E-state index contributed by atoms with van der Waals surface area (Å²) >= 11 is 0. The summed E-state index contributed by atoms with van der Waals surface area (Å²) in [4.78, 5) is 2.53. The molecule has 2 nitrogen and oxygen atoms in total. The average molecular weight is 240 g/mol. The number of nitrogens with two attached hydrogens (primary N) is 1. The lowest BCUT2D eigenvalue weighted by atomic mass is 9.86. The second-order valence-corrected chi connectivity index (χ2v) is 6.22. The molecule has 0 aromatic carbocycles. The maximum Gasteiger partial charge on any atom is 0.0331 e. The number of hydrogen-bond donors (Lipinski definition) is 1. The monoisotopic (exact) mass is 240 g/mol. The molecule has 2 heteroatoms. The lowest BCUT2D eigenvalue weighted by molar-refractivity contribution is 0.0756. The van der Waals surface area contributed by atoms with E-state index in [2.05, 4.69) is 32.7 Å². The highest BCUT2D eigenvalue weighted by Crippen LogP contribution is 2.36. The van der Waals surface area contributed by atoms with Crippen molar-refractivity contribution in [2.45, 2.75) is 77.3 Å². The zero-order valence-electron chi connectivity index (χ0n) is 12.3. The highest BCUT2D eigenvalue weighted by Gasteiger charge is 2.36. The molecule has 0 aromatic rings. The van der Waals surface area contributed by atoms with Crippen LogP contribution in [-0.2, 0) is 0 Å². The fourth-order valence-corrected chi connectivity index (χ4v) is 3.41. The van der Waals surface area contributed by atoms with E-state index in [1.54, 1.807) is 0 Å². The van der Waals surface area contributed by atoms with Crippen LogP contribution in [0.2, 0.25) is 0 Å². The van der Waals surface area contributed by atoms with Gasteiger partial charge in [0, 0.05) is 18.1 Å². The Hall–Kier alpha value is -0.0800. The largest absolute Gasteiger partial charge is 0.329 e. The van der Waals surface area contributed by atoms with Crippen LogP contribution in [-0.4, -0.2) is 30.1 Å². The predicted molar refractivity (Wildman–Crippen MR) is 76.2 cm³/mol. The summed E-state index contributed by atoms with van der Waals surface area (Å²) in [6.07, 6.45) is 9.48. The lowest BCUT2D eigenvalue weighted by Gasteiger charge is -2.43. The Kier molecular flexibility index (Phi) is 5.94. The highest BCUT2D eigenvalue weighted by atomic mass is 15.2. The molecule has 1 saturated carbocycles. The van der Waals surface area contributed by atoms with Gasteiger partial charge < -0.3 is 5.73 Å². The molecule has 2 N–H and O–H groups in total. The molecule has 1 rings (SSSR count). The lowest BCUT2D eigenvalue weighted by Crippen LogP contribution is -2.54. The Morgan fingerprint density at radius 3 is 2.53 bits per heavy atom. The Balaban J connectivity index is 2.67. The maximum atomic E-state index is 6.12. The van der Waals surface area contributed by atoms with Crippen LogP contribution < -0.4 is 5.73 Å². The van der Waals surface area contributed by atoms with Gasteiger partial charge in [-0.3, -0.25) is 4.90 Å². The predicted octanol–water partition coefficient (Wildman–Crippen LogP) is 3.40. The van der Waals surface area contributed by atoms with Crippen LogP contribution in [0.3, 0.4) is 0 Å². The Labute approximate surface area is 108 Å². The summed E-state index contributed by atoms with van der Waals surface area (Å²) in [5.74, 6) is 0.953. The normalized spacial score (nSPS) is 30.9. The van der Waals surface area contributed by atoms with E-state index in [4.69, 9.17) is 5.73 Å². The fourth-order valence-electron chi connectivity index (χ4n) is 3.41. The molecular formula is C15H32N2. The summed E-state index contributed by atoms with van der Waals surface area (Å²) in [6.45, 7) is 7.69. The van der Waals surface area contributed by atoms with Crippen molar-refractivity contribution in [2.24, 2.45) is 11.7 Å². The van der Waals surface area contributed by atoms with Crippen molar-refractivity contribution >= 4 is 0 Å². The first-order valence-corrected chi connectivity index (χ1v) is 7.48. The number of hydrogen-bond acceptors (Lipinski definition) is 2. The number of likely N-dealkylation sites (N-methyl/N-ethyl adjacent to an activating group) is 1. The first kappa shape index (κ1) is 15.0. The standard InChI is InChI=1S/C15H32N2/c1-5-7-14-8-6-10-15(12-16,11-9-14)17(4)13(2)3/h13-14H,5-12,16H2,1-4H3. The molecule has 0 spiro atoms. The van der Waals surface area contributed by atoms with Crippen LogP contribution in [0, 0.1) is 5.92 Å². The Morgan fingerprint density at radius 2 is 2.00 bits per heavy atom. The molecule has 0 aliphatic heterocycles. The van der Waals surface area contributed by atoms with Crippen molar-refractivity contribution in [3.63, 3.8) is 0 Å². The molecule has 0 amide bonds. The molecule has 1 aliphatic rings. The molecule has 2 atom stereocenters. The average Bonchev–Trinajstić information content (AvgIpc) is 2.52. The van der Waals surface area contributed by atoms with Gasteiger partial charge in [0.25, 0.3) is 0 Å². The molecule has 102 valence electrons. The second kappa shape index (κ2) is 6.75. The summed E-state index contributed by atoms with van der Waals surface area (Å²) in [5, 5.41) is 0. The summed E-state index contributed by atoms with van der Waals surface area (Å²) < 4.78 is 0. The molecule has 1 fully saturated rings. The zero-order chi connectivity index (χ0) is 12.9. The van der Waals surface area contributed by atoms with Gasteiger partial charge in [0.15, 0.2) is 0 Å². The molecular weight excluding hydrogens is 208 g/mol. The van der Waals surface area contributed by atoms with E-state index in [1.807, 2.05) is 0 Å². The van der Waals surface area contributed by atoms with Crippen molar-refractivity contribution in [1.82, 2.24) is 4.90 Å². The van der Waals surface area contributed by atoms with E-state index in [1.165, 1.54) is 44.9 Å². The van der Waals surface area contributed by atoms with E-state index in [0.29, 0.717) is 6.04 Å². The minimum Gasteiger partial charge on any atom is -0.329 e. The maximum absolute atomic E-state index is 6.12. The Morgan fingerprint density at radius 1 is 1.29 bits per heavy atom. The molecule has 0 saturated heterocycles. The van der Waals surface area contributed by atoms with Gasteiger partial charge in [0.1, 0.15) is 0 Å². The third kappa shape index (κ3) is 3.69. The third-order valence-corrected chi connectivity index (χ3v) is 4.87. The molecule has 2 unspecified atom stereocenters. The highest BCUT2D eigenvalue weighted by molar-refractivity contribution is 4.94. The van der Waals surface area contributed by atoms with Crippen molar-refractivity contribution in [3.05, 3.63) is 0 Å². The Bertz CT molecular complexity index is 215. The van der Waals surface area contributed by atoms with Crippen LogP contribution in [0.15, 0.2) is 0 Å². The molecule has 0 aromatic heterocycles. The first-order valence-electron chi connectivity index (χ1n) is 7.48. The number of nitrogens with zero attached hydrogens (tertiary/aromatic N) is 1.